The van der Waals surface area contributed by atoms with E-state index in [2.05, 4.69) is 252 Å². The van der Waals surface area contributed by atoms with Gasteiger partial charge in [0.1, 0.15) is 0 Å². The molecule has 0 N–H and O–H groups in total. The van der Waals surface area contributed by atoms with E-state index in [4.69, 9.17) is 0 Å². The number of nitrogens with zero attached hydrogens (tertiary/aromatic N) is 2. The van der Waals surface area contributed by atoms with Crippen LogP contribution in [0.25, 0.3) is 92.2 Å². The Morgan fingerprint density at radius 2 is 0.794 bits per heavy atom. The molecule has 0 aliphatic carbocycles. The largest absolute Gasteiger partial charge is 0.310 e. The molecule has 0 aliphatic heterocycles. The summed E-state index contributed by atoms with van der Waals surface area (Å²) in [5.74, 6) is 0. The molecule has 0 saturated carbocycles. The number of benzene rings is 10. The Balaban J connectivity index is 0.979. The molecule has 3 heteroatoms. The van der Waals surface area contributed by atoms with Crippen LogP contribution in [0.15, 0.2) is 243 Å². The standard InChI is InChI=1S/C60H40N2S/c1-3-14-41(15-4-1)43-28-30-44(31-29-43)46-34-38-49(39-35-46)61(48-36-32-45(33-37-48)42-16-5-2-6-17-42)50-19-11-18-47(40-50)51-22-12-25-56-59(51)54-21-7-9-24-55(54)62(56)57-26-13-23-53-52-20-8-10-27-58(52)63-60(53)57/h1-40H. The molecule has 0 spiro atoms. The molecular weight excluding hydrogens is 781 g/mol. The van der Waals surface area contributed by atoms with Crippen molar-refractivity contribution in [3.63, 3.8) is 0 Å². The van der Waals surface area contributed by atoms with E-state index in [0.29, 0.717) is 0 Å². The third-order valence-electron chi connectivity index (χ3n) is 12.4. The molecule has 0 aliphatic rings. The Labute approximate surface area is 370 Å². The van der Waals surface area contributed by atoms with Crippen molar-refractivity contribution in [2.45, 2.75) is 0 Å². The number of hydrogen-bond acceptors (Lipinski definition) is 2. The lowest BCUT2D eigenvalue weighted by atomic mass is 9.98. The third kappa shape index (κ3) is 6.50. The summed E-state index contributed by atoms with van der Waals surface area (Å²) in [4.78, 5) is 2.38. The van der Waals surface area contributed by atoms with Crippen LogP contribution >= 0.6 is 11.3 Å². The zero-order valence-electron chi connectivity index (χ0n) is 34.4. The van der Waals surface area contributed by atoms with Crippen molar-refractivity contribution in [2.75, 3.05) is 4.90 Å². The van der Waals surface area contributed by atoms with Gasteiger partial charge in [-0.3, -0.25) is 0 Å². The topological polar surface area (TPSA) is 8.17 Å². The minimum absolute atomic E-state index is 1.09. The highest BCUT2D eigenvalue weighted by Crippen LogP contribution is 2.44. The summed E-state index contributed by atoms with van der Waals surface area (Å²) in [6, 6.07) is 88.2. The number of fused-ring (bicyclic) bond motifs is 6. The van der Waals surface area contributed by atoms with E-state index in [1.165, 1.54) is 92.2 Å². The average molecular weight is 821 g/mol. The summed E-state index contributed by atoms with van der Waals surface area (Å²) >= 11 is 1.88. The monoisotopic (exact) mass is 820 g/mol. The van der Waals surface area contributed by atoms with Gasteiger partial charge in [0, 0.05) is 43.3 Å². The number of rotatable bonds is 8. The molecule has 0 saturated heterocycles. The van der Waals surface area contributed by atoms with Crippen LogP contribution in [0.2, 0.25) is 0 Å². The van der Waals surface area contributed by atoms with Crippen molar-refractivity contribution >= 4 is 70.4 Å². The molecular formula is C60H40N2S. The molecule has 0 atom stereocenters. The lowest BCUT2D eigenvalue weighted by Gasteiger charge is -2.26. The predicted octanol–water partition coefficient (Wildman–Crippen LogP) is 17.3. The quantitative estimate of drug-likeness (QED) is 0.148. The van der Waals surface area contributed by atoms with Gasteiger partial charge in [-0.15, -0.1) is 11.3 Å². The summed E-state index contributed by atoms with van der Waals surface area (Å²) in [6.07, 6.45) is 0. The summed E-state index contributed by atoms with van der Waals surface area (Å²) < 4.78 is 5.09. The molecule has 296 valence electrons. The first-order valence-electron chi connectivity index (χ1n) is 21.5. The van der Waals surface area contributed by atoms with Crippen molar-refractivity contribution in [1.82, 2.24) is 4.57 Å². The fourth-order valence-corrected chi connectivity index (χ4v) is 10.6. The van der Waals surface area contributed by atoms with Crippen molar-refractivity contribution in [2.24, 2.45) is 0 Å². The van der Waals surface area contributed by atoms with Crippen LogP contribution in [0.1, 0.15) is 0 Å². The fraction of sp³-hybridized carbons (Fsp3) is 0. The normalized spacial score (nSPS) is 11.5. The van der Waals surface area contributed by atoms with Crippen LogP contribution < -0.4 is 4.90 Å². The highest BCUT2D eigenvalue weighted by atomic mass is 32.1. The van der Waals surface area contributed by atoms with Gasteiger partial charge >= 0.3 is 0 Å². The molecule has 2 heterocycles. The van der Waals surface area contributed by atoms with Gasteiger partial charge in [0.15, 0.2) is 0 Å². The van der Waals surface area contributed by atoms with Gasteiger partial charge in [-0.05, 0) is 105 Å². The number of hydrogen-bond donors (Lipinski definition) is 0. The fourth-order valence-electron chi connectivity index (χ4n) is 9.41. The number of thiophene rings is 1. The maximum atomic E-state index is 2.48. The van der Waals surface area contributed by atoms with Crippen molar-refractivity contribution in [3.8, 4) is 50.2 Å². The van der Waals surface area contributed by atoms with E-state index in [-0.39, 0.29) is 0 Å². The third-order valence-corrected chi connectivity index (χ3v) is 13.6. The molecule has 10 aromatic carbocycles. The zero-order valence-corrected chi connectivity index (χ0v) is 35.2. The van der Waals surface area contributed by atoms with Crippen molar-refractivity contribution < 1.29 is 0 Å². The molecule has 12 aromatic rings. The van der Waals surface area contributed by atoms with E-state index in [1.807, 2.05) is 11.3 Å². The first-order chi connectivity index (χ1) is 31.2. The lowest BCUT2D eigenvalue weighted by Crippen LogP contribution is -2.10. The van der Waals surface area contributed by atoms with E-state index >= 15 is 0 Å². The van der Waals surface area contributed by atoms with Gasteiger partial charge in [0.25, 0.3) is 0 Å². The van der Waals surface area contributed by atoms with E-state index in [9.17, 15) is 0 Å². The smallest absolute Gasteiger partial charge is 0.0640 e. The summed E-state index contributed by atoms with van der Waals surface area (Å²) in [5, 5.41) is 5.11. The van der Waals surface area contributed by atoms with Crippen LogP contribution in [-0.4, -0.2) is 4.57 Å². The molecule has 0 radical (unpaired) electrons. The van der Waals surface area contributed by atoms with Crippen LogP contribution in [-0.2, 0) is 0 Å². The number of para-hydroxylation sites is 1. The molecule has 0 unspecified atom stereocenters. The van der Waals surface area contributed by atoms with E-state index < -0.39 is 0 Å². The van der Waals surface area contributed by atoms with Crippen molar-refractivity contribution in [3.05, 3.63) is 243 Å². The van der Waals surface area contributed by atoms with Gasteiger partial charge in [-0.1, -0.05) is 182 Å². The second-order valence-electron chi connectivity index (χ2n) is 16.1. The zero-order chi connectivity index (χ0) is 41.7. The van der Waals surface area contributed by atoms with Gasteiger partial charge in [-0.25, -0.2) is 0 Å². The van der Waals surface area contributed by atoms with Gasteiger partial charge in [-0.2, -0.15) is 0 Å². The minimum atomic E-state index is 1.09. The van der Waals surface area contributed by atoms with Gasteiger partial charge in [0.2, 0.25) is 0 Å². The van der Waals surface area contributed by atoms with Gasteiger partial charge in [0.05, 0.1) is 21.4 Å². The van der Waals surface area contributed by atoms with Crippen LogP contribution in [0.5, 0.6) is 0 Å². The first kappa shape index (κ1) is 36.8. The Hall–Kier alpha value is -7.98. The maximum Gasteiger partial charge on any atom is 0.0640 e. The Morgan fingerprint density at radius 3 is 1.44 bits per heavy atom. The molecule has 12 rings (SSSR count). The molecule has 2 aromatic heterocycles. The lowest BCUT2D eigenvalue weighted by molar-refractivity contribution is 1.20. The highest BCUT2D eigenvalue weighted by Gasteiger charge is 2.20. The summed E-state index contributed by atoms with van der Waals surface area (Å²) in [6.45, 7) is 0. The molecule has 0 fully saturated rings. The molecule has 0 amide bonds. The maximum absolute atomic E-state index is 2.48. The highest BCUT2D eigenvalue weighted by molar-refractivity contribution is 7.26. The summed E-state index contributed by atoms with van der Waals surface area (Å²) in [5.41, 5.74) is 16.5. The average Bonchev–Trinajstić information content (AvgIpc) is 3.92. The minimum Gasteiger partial charge on any atom is -0.310 e. The molecule has 2 nitrogen and oxygen atoms in total. The molecule has 0 bridgehead atoms. The van der Waals surface area contributed by atoms with Crippen LogP contribution in [0, 0.1) is 0 Å². The van der Waals surface area contributed by atoms with Crippen LogP contribution in [0.4, 0.5) is 17.1 Å². The second-order valence-corrected chi connectivity index (χ2v) is 17.1. The Morgan fingerprint density at radius 1 is 0.317 bits per heavy atom. The van der Waals surface area contributed by atoms with Gasteiger partial charge < -0.3 is 9.47 Å². The summed E-state index contributed by atoms with van der Waals surface area (Å²) in [7, 11) is 0. The second kappa shape index (κ2) is 15.5. The van der Waals surface area contributed by atoms with E-state index in [0.717, 1.165) is 17.1 Å². The van der Waals surface area contributed by atoms with Crippen LogP contribution in [0.3, 0.4) is 0 Å². The Bertz CT molecular complexity index is 3580. The van der Waals surface area contributed by atoms with Crippen molar-refractivity contribution in [1.29, 1.82) is 0 Å². The molecule has 63 heavy (non-hydrogen) atoms. The Kier molecular flexibility index (Phi) is 9.06. The number of aromatic nitrogens is 1. The number of anilines is 3. The van der Waals surface area contributed by atoms with E-state index in [1.54, 1.807) is 0 Å². The predicted molar refractivity (Wildman–Crippen MR) is 270 cm³/mol. The first-order valence-corrected chi connectivity index (χ1v) is 22.3. The SMILES string of the molecule is c1ccc(-c2ccc(-c3ccc(N(c4ccc(-c5ccccc5)cc4)c4cccc(-c5cccc6c5c5ccccc5n6-c5cccc6c5sc5ccccc56)c4)cc3)cc2)cc1.